The molecule has 4 fully saturated rings. The molecule has 19 heteroatoms. The molecule has 72 heavy (non-hydrogen) atoms. The summed E-state index contributed by atoms with van der Waals surface area (Å²) in [4.78, 5) is 65.5. The molecule has 380 valence electrons. The van der Waals surface area contributed by atoms with Crippen LogP contribution < -0.4 is 21.3 Å². The quantitative estimate of drug-likeness (QED) is 0.0389. The third kappa shape index (κ3) is 9.66. The minimum absolute atomic E-state index is 0.00294. The van der Waals surface area contributed by atoms with E-state index in [0.29, 0.717) is 42.3 Å². The zero-order valence-corrected chi connectivity index (χ0v) is 43.5. The van der Waals surface area contributed by atoms with Gasteiger partial charge in [0.05, 0.1) is 52.0 Å². The molecule has 5 atom stereocenters. The number of azide groups is 1. The molecule has 3 aromatic carbocycles. The molecule has 0 radical (unpaired) electrons. The van der Waals surface area contributed by atoms with Gasteiger partial charge in [-0.3, -0.25) is 19.2 Å². The van der Waals surface area contributed by atoms with E-state index in [1.807, 2.05) is 62.4 Å². The van der Waals surface area contributed by atoms with Crippen molar-refractivity contribution < 1.29 is 33.8 Å². The molecule has 1 unspecified atom stereocenters. The minimum Gasteiger partial charge on any atom is -0.391 e. The number of hydrogen-bond donors (Lipinski definition) is 5. The molecule has 8 rings (SSSR count). The number of halogens is 1. The number of nitrogens with zero attached hydrogens (tertiary/aromatic N) is 6. The average Bonchev–Trinajstić information content (AvgIpc) is 4.00. The summed E-state index contributed by atoms with van der Waals surface area (Å²) in [5.41, 5.74) is 12.8. The number of carbonyl (C=O) groups excluding carboxylic acids is 4. The molecule has 3 saturated heterocycles. The highest BCUT2D eigenvalue weighted by Crippen LogP contribution is 2.60. The van der Waals surface area contributed by atoms with Crippen molar-refractivity contribution in [2.75, 3.05) is 38.2 Å². The highest BCUT2D eigenvalue weighted by Gasteiger charge is 2.66. The maximum Gasteiger partial charge on any atom is 0.259 e. The third-order valence-corrected chi connectivity index (χ3v) is 17.3. The lowest BCUT2D eigenvalue weighted by Gasteiger charge is -2.64. The summed E-state index contributed by atoms with van der Waals surface area (Å²) >= 11 is 7.89. The van der Waals surface area contributed by atoms with Crippen LogP contribution in [0, 0.1) is 45.8 Å². The Morgan fingerprint density at radius 1 is 1.08 bits per heavy atom. The number of anilines is 1. The van der Waals surface area contributed by atoms with Gasteiger partial charge in [0.25, 0.3) is 11.8 Å². The molecule has 1 saturated carbocycles. The van der Waals surface area contributed by atoms with Crippen molar-refractivity contribution in [1.82, 2.24) is 25.8 Å². The second kappa shape index (κ2) is 20.1. The number of nitriles is 1. The second-order valence-corrected chi connectivity index (χ2v) is 23.0. The third-order valence-electron chi connectivity index (χ3n) is 16.0. The van der Waals surface area contributed by atoms with Gasteiger partial charge >= 0.3 is 0 Å². The van der Waals surface area contributed by atoms with E-state index in [1.165, 1.54) is 4.90 Å². The molecule has 1 aliphatic carbocycles. The van der Waals surface area contributed by atoms with Crippen LogP contribution in [-0.4, -0.2) is 101 Å². The Balaban J connectivity index is 0.854. The predicted molar refractivity (Wildman–Crippen MR) is 273 cm³/mol. The van der Waals surface area contributed by atoms with Crippen LogP contribution in [0.2, 0.25) is 5.02 Å². The number of aromatic nitrogens is 1. The van der Waals surface area contributed by atoms with E-state index in [2.05, 4.69) is 70.0 Å². The van der Waals surface area contributed by atoms with Gasteiger partial charge in [-0.1, -0.05) is 83.5 Å². The molecule has 4 heterocycles. The Kier molecular flexibility index (Phi) is 14.6. The van der Waals surface area contributed by atoms with Crippen molar-refractivity contribution in [2.24, 2.45) is 32.7 Å². The Labute approximate surface area is 429 Å². The summed E-state index contributed by atoms with van der Waals surface area (Å²) in [5, 5.41) is 36.9. The molecule has 4 aromatic rings. The number of benzene rings is 3. The van der Waals surface area contributed by atoms with E-state index in [4.69, 9.17) is 21.1 Å². The van der Waals surface area contributed by atoms with Crippen LogP contribution in [0.3, 0.4) is 0 Å². The van der Waals surface area contributed by atoms with Gasteiger partial charge in [-0.2, -0.15) is 5.26 Å². The lowest BCUT2D eigenvalue weighted by atomic mass is 9.43. The summed E-state index contributed by atoms with van der Waals surface area (Å²) < 4.78 is 12.0. The second-order valence-electron chi connectivity index (χ2n) is 21.7. The number of amides is 4. The van der Waals surface area contributed by atoms with Crippen molar-refractivity contribution in [2.45, 2.75) is 111 Å². The van der Waals surface area contributed by atoms with Crippen LogP contribution in [0.1, 0.15) is 100 Å². The van der Waals surface area contributed by atoms with E-state index in [-0.39, 0.29) is 48.3 Å². The lowest BCUT2D eigenvalue weighted by Crippen LogP contribution is -2.70. The maximum absolute atomic E-state index is 14.4. The van der Waals surface area contributed by atoms with Crippen molar-refractivity contribution in [3.63, 3.8) is 0 Å². The number of aliphatic hydroxyl groups is 1. The Hall–Kier alpha value is -6.06. The van der Waals surface area contributed by atoms with E-state index in [1.54, 1.807) is 48.9 Å². The summed E-state index contributed by atoms with van der Waals surface area (Å²) in [7, 11) is 0. The smallest absolute Gasteiger partial charge is 0.259 e. The number of aliphatic hydroxyl groups excluding tert-OH is 1. The fourth-order valence-electron chi connectivity index (χ4n) is 11.7. The molecule has 3 aliphatic heterocycles. The summed E-state index contributed by atoms with van der Waals surface area (Å²) in [5.74, 6) is -1.76. The number of nitrogens with one attached hydrogen (secondary N) is 4. The Bertz CT molecular complexity index is 2800. The number of likely N-dealkylation sites (tertiary alicyclic amines) is 1. The molecule has 0 bridgehead atoms. The van der Waals surface area contributed by atoms with Gasteiger partial charge in [-0.05, 0) is 107 Å². The van der Waals surface area contributed by atoms with Gasteiger partial charge in [0.1, 0.15) is 18.2 Å². The Morgan fingerprint density at radius 2 is 1.78 bits per heavy atom. The topological polar surface area (TPSA) is 244 Å². The first kappa shape index (κ1) is 52.3. The van der Waals surface area contributed by atoms with Crippen LogP contribution in [0.15, 0.2) is 77.4 Å². The fourth-order valence-corrected chi connectivity index (χ4v) is 12.7. The van der Waals surface area contributed by atoms with Crippen molar-refractivity contribution >= 4 is 52.3 Å². The number of rotatable bonds is 17. The van der Waals surface area contributed by atoms with E-state index in [9.17, 15) is 35.1 Å². The normalized spacial score (nSPS) is 25.7. The van der Waals surface area contributed by atoms with E-state index in [0.717, 1.165) is 39.4 Å². The van der Waals surface area contributed by atoms with Crippen molar-refractivity contribution in [1.29, 1.82) is 5.26 Å². The Morgan fingerprint density at radius 3 is 2.38 bits per heavy atom. The molecular formula is C53H63ClN10O7S. The number of aryl methyl sites for hydroxylation is 1. The van der Waals surface area contributed by atoms with Gasteiger partial charge in [-0.15, -0.1) is 11.3 Å². The van der Waals surface area contributed by atoms with Gasteiger partial charge in [0, 0.05) is 59.2 Å². The van der Waals surface area contributed by atoms with Gasteiger partial charge < -0.3 is 40.7 Å². The molecule has 4 amide bonds. The average molecular weight is 1020 g/mol. The summed E-state index contributed by atoms with van der Waals surface area (Å²) in [6.07, 6.45) is 0.196. The number of β-amino-alcohol motifs (C(OH)–C–C–N with tert-alkyl or cyclic N) is 1. The summed E-state index contributed by atoms with van der Waals surface area (Å²) in [6.45, 7) is 16.8. The maximum atomic E-state index is 14.4. The highest BCUT2D eigenvalue weighted by atomic mass is 35.5. The van der Waals surface area contributed by atoms with Crippen LogP contribution in [0.5, 0.6) is 0 Å². The molecule has 4 aliphatic rings. The summed E-state index contributed by atoms with van der Waals surface area (Å²) in [6, 6.07) is 20.0. The number of thiazole rings is 1. The van der Waals surface area contributed by atoms with Gasteiger partial charge in [0.2, 0.25) is 17.5 Å². The van der Waals surface area contributed by atoms with Crippen molar-refractivity contribution in [3.8, 4) is 16.5 Å². The SMILES string of the molecule is Cc1ncsc1-c1ccc([C@H](C)NC(=O)[C@@H]2C[C@@H](O)CN2C(=O)[C@H]2NC(=O)C(N=[N+]=[N-])(OCCC3(CNc4ccc(C(=O)NC5C(C)(C)C(Cc6ccc(C#N)c(Cl)c6)C5(C)C)cc4)COC3)C2(C)C)cc1. The van der Waals surface area contributed by atoms with Crippen LogP contribution in [0.4, 0.5) is 5.69 Å². The zero-order valence-electron chi connectivity index (χ0n) is 41.9. The number of carbonyl (C=O) groups is 4. The zero-order chi connectivity index (χ0) is 52.0. The first-order chi connectivity index (χ1) is 34.1. The first-order valence-electron chi connectivity index (χ1n) is 24.3. The number of ether oxygens (including phenoxy) is 2. The number of hydrogen-bond acceptors (Lipinski definition) is 12. The van der Waals surface area contributed by atoms with Gasteiger partial charge in [-0.25, -0.2) is 4.98 Å². The molecule has 1 aromatic heterocycles. The molecular weight excluding hydrogens is 956 g/mol. The van der Waals surface area contributed by atoms with E-state index < -0.39 is 58.5 Å². The van der Waals surface area contributed by atoms with Crippen LogP contribution in [0.25, 0.3) is 20.9 Å². The lowest BCUT2D eigenvalue weighted by molar-refractivity contribution is -0.165. The molecule has 0 spiro atoms. The van der Waals surface area contributed by atoms with Crippen molar-refractivity contribution in [3.05, 3.63) is 116 Å². The largest absolute Gasteiger partial charge is 0.391 e. The van der Waals surface area contributed by atoms with Crippen LogP contribution in [-0.2, 0) is 30.3 Å². The minimum atomic E-state index is -2.11. The standard InChI is InChI=1S/C53H63ClN10O7S/c1-30(33-11-13-34(14-12-33)42-31(2)58-29-72-42)59-45(67)40-23-38(65)25-64(40)46(68)43-51(7,8)53(62-63-56,48(69)60-43)71-20-19-52(27-70-28-52)26-57-37-17-15-35(16-18-37)44(66)61-47-49(3,4)41(50(47,5)6)22-32-9-10-36(24-55)39(54)21-32/h9-18,21,29-30,38,40-41,43,47,57,65H,19-20,22-23,25-28H2,1-8H3,(H,59,67)(H,60,69)(H,61,66)/t30-,38+,40-,41?,43+,47?,53?/m0/s1. The monoisotopic (exact) mass is 1020 g/mol. The molecule has 17 nitrogen and oxygen atoms in total. The predicted octanol–water partition coefficient (Wildman–Crippen LogP) is 7.87. The van der Waals surface area contributed by atoms with E-state index >= 15 is 0 Å². The van der Waals surface area contributed by atoms with Gasteiger partial charge in [0.15, 0.2) is 0 Å². The first-order valence-corrected chi connectivity index (χ1v) is 25.5. The molecule has 5 N–H and O–H groups in total. The fraction of sp³-hybridized carbons (Fsp3) is 0.509. The highest BCUT2D eigenvalue weighted by molar-refractivity contribution is 7.13. The van der Waals surface area contributed by atoms with Crippen LogP contribution >= 0.6 is 22.9 Å².